The first-order valence-electron chi connectivity index (χ1n) is 6.69. The molecule has 1 aromatic rings. The molecule has 0 atom stereocenters. The number of ether oxygens (including phenoxy) is 1. The summed E-state index contributed by atoms with van der Waals surface area (Å²) in [4.78, 5) is 6.71. The van der Waals surface area contributed by atoms with Crippen molar-refractivity contribution in [1.82, 2.24) is 0 Å². The third kappa shape index (κ3) is 2.51. The standard InChI is InChI=1S/C15H14BrCl2NO/c16-9-13-15(6-2-1-3-7-15)19-14(20-13)11-5-4-10(17)8-12(11)18/h4-5,8-9H,1-3,6-7H2. The molecule has 0 saturated heterocycles. The largest absolute Gasteiger partial charge is 0.440 e. The van der Waals surface area contributed by atoms with E-state index in [4.69, 9.17) is 32.9 Å². The Kier molecular flexibility index (Phi) is 4.11. The molecular formula is C15H14BrCl2NO. The fourth-order valence-corrected chi connectivity index (χ4v) is 3.88. The van der Waals surface area contributed by atoms with Crippen molar-refractivity contribution >= 4 is 45.0 Å². The van der Waals surface area contributed by atoms with Crippen molar-refractivity contribution in [2.75, 3.05) is 0 Å². The van der Waals surface area contributed by atoms with E-state index >= 15 is 0 Å². The molecule has 2 aliphatic rings. The fraction of sp³-hybridized carbons (Fsp3) is 0.400. The number of hydrogen-bond donors (Lipinski definition) is 0. The van der Waals surface area contributed by atoms with Gasteiger partial charge in [-0.05, 0) is 31.0 Å². The van der Waals surface area contributed by atoms with Crippen LogP contribution in [-0.2, 0) is 4.74 Å². The number of aliphatic imine (C=N–C) groups is 1. The van der Waals surface area contributed by atoms with Crippen molar-refractivity contribution in [3.05, 3.63) is 44.6 Å². The third-order valence-corrected chi connectivity index (χ3v) is 4.89. The van der Waals surface area contributed by atoms with E-state index in [1.165, 1.54) is 19.3 Å². The van der Waals surface area contributed by atoms with Crippen molar-refractivity contribution in [3.8, 4) is 0 Å². The summed E-state index contributed by atoms with van der Waals surface area (Å²) in [5.74, 6) is 1.48. The molecule has 0 radical (unpaired) electrons. The highest BCUT2D eigenvalue weighted by Crippen LogP contribution is 2.44. The summed E-state index contributed by atoms with van der Waals surface area (Å²) >= 11 is 15.6. The van der Waals surface area contributed by atoms with Crippen LogP contribution in [-0.4, -0.2) is 11.4 Å². The molecule has 0 bridgehead atoms. The predicted octanol–water partition coefficient (Wildman–Crippen LogP) is 5.71. The second-order valence-corrected chi connectivity index (χ2v) is 6.51. The molecule has 0 unspecified atom stereocenters. The van der Waals surface area contributed by atoms with E-state index in [1.807, 2.05) is 11.1 Å². The van der Waals surface area contributed by atoms with Crippen LogP contribution in [0, 0.1) is 0 Å². The van der Waals surface area contributed by atoms with Crippen molar-refractivity contribution in [2.24, 2.45) is 4.99 Å². The molecule has 1 aliphatic heterocycles. The highest BCUT2D eigenvalue weighted by molar-refractivity contribution is 9.11. The quantitative estimate of drug-likeness (QED) is 0.616. The summed E-state index contributed by atoms with van der Waals surface area (Å²) in [5, 5.41) is 1.18. The Balaban J connectivity index is 2.00. The number of nitrogens with zero attached hydrogens (tertiary/aromatic N) is 1. The van der Waals surface area contributed by atoms with Gasteiger partial charge in [-0.15, -0.1) is 0 Å². The van der Waals surface area contributed by atoms with E-state index in [-0.39, 0.29) is 5.54 Å². The fourth-order valence-electron chi connectivity index (χ4n) is 2.87. The second-order valence-electron chi connectivity index (χ2n) is 5.21. The first-order chi connectivity index (χ1) is 9.64. The minimum absolute atomic E-state index is 0.208. The minimum atomic E-state index is -0.208. The topological polar surface area (TPSA) is 21.6 Å². The van der Waals surface area contributed by atoms with Gasteiger partial charge in [0.15, 0.2) is 0 Å². The first kappa shape index (κ1) is 14.4. The van der Waals surface area contributed by atoms with E-state index in [1.54, 1.807) is 12.1 Å². The Labute approximate surface area is 136 Å². The van der Waals surface area contributed by atoms with Crippen LogP contribution < -0.4 is 0 Å². The number of benzene rings is 1. The lowest BCUT2D eigenvalue weighted by molar-refractivity contribution is 0.285. The molecule has 5 heteroatoms. The van der Waals surface area contributed by atoms with Gasteiger partial charge in [0.2, 0.25) is 5.90 Å². The van der Waals surface area contributed by atoms with Gasteiger partial charge in [0.25, 0.3) is 0 Å². The molecule has 1 saturated carbocycles. The van der Waals surface area contributed by atoms with E-state index in [0.29, 0.717) is 15.9 Å². The Hall–Kier alpha value is -0.510. The maximum atomic E-state index is 6.25. The van der Waals surface area contributed by atoms with Crippen molar-refractivity contribution in [2.45, 2.75) is 37.6 Å². The van der Waals surface area contributed by atoms with Crippen molar-refractivity contribution in [1.29, 1.82) is 0 Å². The molecule has 0 amide bonds. The van der Waals surface area contributed by atoms with Gasteiger partial charge in [0.05, 0.1) is 10.6 Å². The summed E-state index contributed by atoms with van der Waals surface area (Å²) in [7, 11) is 0. The van der Waals surface area contributed by atoms with Crippen LogP contribution >= 0.6 is 39.1 Å². The summed E-state index contributed by atoms with van der Waals surface area (Å²) in [6, 6.07) is 5.38. The molecular weight excluding hydrogens is 361 g/mol. The zero-order valence-corrected chi connectivity index (χ0v) is 13.9. The van der Waals surface area contributed by atoms with E-state index in [0.717, 1.165) is 24.2 Å². The molecule has 1 spiro atoms. The first-order valence-corrected chi connectivity index (χ1v) is 8.36. The lowest BCUT2D eigenvalue weighted by atomic mass is 9.81. The summed E-state index contributed by atoms with van der Waals surface area (Å²) in [6.45, 7) is 0. The molecule has 1 aromatic carbocycles. The van der Waals surface area contributed by atoms with Crippen molar-refractivity contribution < 1.29 is 4.74 Å². The van der Waals surface area contributed by atoms with Crippen LogP contribution in [0.25, 0.3) is 0 Å². The van der Waals surface area contributed by atoms with Gasteiger partial charge in [-0.2, -0.15) is 0 Å². The second kappa shape index (κ2) is 5.70. The molecule has 106 valence electrons. The van der Waals surface area contributed by atoms with Gasteiger partial charge < -0.3 is 4.74 Å². The van der Waals surface area contributed by atoms with Gasteiger partial charge in [0, 0.05) is 10.0 Å². The van der Waals surface area contributed by atoms with Gasteiger partial charge >= 0.3 is 0 Å². The zero-order chi connectivity index (χ0) is 14.2. The molecule has 20 heavy (non-hydrogen) atoms. The van der Waals surface area contributed by atoms with Crippen LogP contribution in [0.1, 0.15) is 37.7 Å². The summed E-state index contributed by atoms with van der Waals surface area (Å²) < 4.78 is 5.95. The van der Waals surface area contributed by atoms with Crippen molar-refractivity contribution in [3.63, 3.8) is 0 Å². The monoisotopic (exact) mass is 373 g/mol. The zero-order valence-electron chi connectivity index (χ0n) is 10.8. The molecule has 1 aliphatic carbocycles. The maximum Gasteiger partial charge on any atom is 0.224 e. The lowest BCUT2D eigenvalue weighted by Gasteiger charge is -2.29. The van der Waals surface area contributed by atoms with Crippen LogP contribution in [0.15, 0.2) is 33.9 Å². The minimum Gasteiger partial charge on any atom is -0.440 e. The molecule has 1 fully saturated rings. The SMILES string of the molecule is Clc1ccc(C2=NC3(CCCCC3)C(=CBr)O2)c(Cl)c1. The Morgan fingerprint density at radius 3 is 2.60 bits per heavy atom. The number of rotatable bonds is 1. The molecule has 0 aromatic heterocycles. The highest BCUT2D eigenvalue weighted by atomic mass is 79.9. The van der Waals surface area contributed by atoms with Gasteiger partial charge in [0.1, 0.15) is 11.3 Å². The number of hydrogen-bond acceptors (Lipinski definition) is 2. The van der Waals surface area contributed by atoms with Gasteiger partial charge in [-0.3, -0.25) is 0 Å². The molecule has 2 nitrogen and oxygen atoms in total. The Bertz CT molecular complexity index is 592. The number of halogens is 3. The third-order valence-electron chi connectivity index (χ3n) is 3.92. The van der Waals surface area contributed by atoms with Crippen LogP contribution in [0.4, 0.5) is 0 Å². The predicted molar refractivity (Wildman–Crippen MR) is 86.9 cm³/mol. The summed E-state index contributed by atoms with van der Waals surface area (Å²) in [5.41, 5.74) is 0.588. The van der Waals surface area contributed by atoms with E-state index < -0.39 is 0 Å². The molecule has 3 rings (SSSR count). The van der Waals surface area contributed by atoms with Gasteiger partial charge in [-0.1, -0.05) is 58.4 Å². The van der Waals surface area contributed by atoms with Crippen LogP contribution in [0.5, 0.6) is 0 Å². The molecule has 1 heterocycles. The Morgan fingerprint density at radius 2 is 1.95 bits per heavy atom. The average Bonchev–Trinajstić information content (AvgIpc) is 2.77. The molecule has 0 N–H and O–H groups in total. The average molecular weight is 375 g/mol. The normalized spacial score (nSPS) is 22.9. The van der Waals surface area contributed by atoms with Crippen LogP contribution in [0.2, 0.25) is 10.0 Å². The van der Waals surface area contributed by atoms with Gasteiger partial charge in [-0.25, -0.2) is 4.99 Å². The van der Waals surface area contributed by atoms with E-state index in [2.05, 4.69) is 15.9 Å². The smallest absolute Gasteiger partial charge is 0.224 e. The summed E-state index contributed by atoms with van der Waals surface area (Å²) in [6.07, 6.45) is 5.68. The Morgan fingerprint density at radius 1 is 1.20 bits per heavy atom. The maximum absolute atomic E-state index is 6.25. The lowest BCUT2D eigenvalue weighted by Crippen LogP contribution is -2.29. The highest BCUT2D eigenvalue weighted by Gasteiger charge is 2.43. The van der Waals surface area contributed by atoms with E-state index in [9.17, 15) is 0 Å². The van der Waals surface area contributed by atoms with Crippen LogP contribution in [0.3, 0.4) is 0 Å².